The smallest absolute Gasteiger partial charge is 0.462 e. The first-order chi connectivity index (χ1) is 18.7. The molecule has 0 aromatic carbocycles. The quantitative estimate of drug-likeness (QED) is 0.0517. The Hall–Kier alpha value is -1.55. The van der Waals surface area contributed by atoms with Gasteiger partial charge in [-0.1, -0.05) is 76.2 Å². The summed E-state index contributed by atoms with van der Waals surface area (Å²) in [5.41, 5.74) is 0. The molecule has 0 bridgehead atoms. The zero-order valence-electron chi connectivity index (χ0n) is 23.8. The molecular weight excluding hydrogens is 527 g/mol. The van der Waals surface area contributed by atoms with Crippen LogP contribution in [-0.4, -0.2) is 65.7 Å². The van der Waals surface area contributed by atoms with E-state index in [4.69, 9.17) is 19.1 Å². The fraction of sp³-hybridized carbons (Fsp3) is 0.786. The van der Waals surface area contributed by atoms with Gasteiger partial charge in [0, 0.05) is 13.3 Å². The van der Waals surface area contributed by atoms with E-state index in [9.17, 15) is 24.2 Å². The Kier molecular flexibility index (Phi) is 24.4. The van der Waals surface area contributed by atoms with Gasteiger partial charge in [-0.15, -0.1) is 0 Å². The van der Waals surface area contributed by atoms with Gasteiger partial charge in [-0.05, 0) is 38.5 Å². The molecule has 0 heterocycles. The van der Waals surface area contributed by atoms with Crippen LogP contribution in [0.15, 0.2) is 24.3 Å². The van der Waals surface area contributed by atoms with Crippen LogP contribution in [0, 0.1) is 0 Å². The van der Waals surface area contributed by atoms with Crippen LogP contribution in [-0.2, 0) is 32.7 Å². The van der Waals surface area contributed by atoms with E-state index in [0.717, 1.165) is 38.5 Å². The molecule has 10 nitrogen and oxygen atoms in total. The van der Waals surface area contributed by atoms with Gasteiger partial charge < -0.3 is 24.6 Å². The second kappa shape index (κ2) is 25.4. The Balaban J connectivity index is 3.98. The summed E-state index contributed by atoms with van der Waals surface area (Å²) in [5, 5.41) is 17.9. The summed E-state index contributed by atoms with van der Waals surface area (Å²) < 4.78 is 31.3. The fourth-order valence-corrected chi connectivity index (χ4v) is 4.24. The number of aliphatic hydroxyl groups excluding tert-OH is 2. The predicted molar refractivity (Wildman–Crippen MR) is 150 cm³/mol. The van der Waals surface area contributed by atoms with Crippen molar-refractivity contribution in [3.63, 3.8) is 0 Å². The van der Waals surface area contributed by atoms with Crippen molar-refractivity contribution in [1.29, 1.82) is 0 Å². The zero-order chi connectivity index (χ0) is 29.2. The van der Waals surface area contributed by atoms with E-state index in [1.54, 1.807) is 0 Å². The first-order valence-electron chi connectivity index (χ1n) is 14.2. The monoisotopic (exact) mass is 578 g/mol. The van der Waals surface area contributed by atoms with Crippen molar-refractivity contribution < 1.29 is 47.8 Å². The first-order valence-corrected chi connectivity index (χ1v) is 15.7. The third kappa shape index (κ3) is 26.4. The Morgan fingerprint density at radius 2 is 1.38 bits per heavy atom. The van der Waals surface area contributed by atoms with Crippen LogP contribution in [0.25, 0.3) is 0 Å². The molecule has 0 aromatic rings. The number of carbonyl (C=O) groups is 2. The molecule has 0 fully saturated rings. The third-order valence-electron chi connectivity index (χ3n) is 5.67. The molecule has 0 aliphatic rings. The lowest BCUT2D eigenvalue weighted by atomic mass is 10.1. The molecule has 3 unspecified atom stereocenters. The molecule has 0 aromatic heterocycles. The van der Waals surface area contributed by atoms with Crippen molar-refractivity contribution in [3.05, 3.63) is 24.3 Å². The molecule has 0 rings (SSSR count). The summed E-state index contributed by atoms with van der Waals surface area (Å²) in [4.78, 5) is 32.9. The molecule has 39 heavy (non-hydrogen) atoms. The van der Waals surface area contributed by atoms with Crippen molar-refractivity contribution in [2.24, 2.45) is 0 Å². The summed E-state index contributed by atoms with van der Waals surface area (Å²) in [5.74, 6) is -1.13. The number of hydrogen-bond donors (Lipinski definition) is 3. The van der Waals surface area contributed by atoms with E-state index >= 15 is 0 Å². The molecule has 11 heteroatoms. The summed E-state index contributed by atoms with van der Waals surface area (Å²) in [6.45, 7) is 1.24. The third-order valence-corrected chi connectivity index (χ3v) is 6.62. The highest BCUT2D eigenvalue weighted by molar-refractivity contribution is 7.47. The molecule has 0 saturated carbocycles. The maximum absolute atomic E-state index is 12.2. The van der Waals surface area contributed by atoms with E-state index in [2.05, 4.69) is 35.8 Å². The zero-order valence-corrected chi connectivity index (χ0v) is 24.7. The van der Waals surface area contributed by atoms with E-state index < -0.39 is 51.8 Å². The number of phosphoric acid groups is 1. The molecule has 0 spiro atoms. The van der Waals surface area contributed by atoms with E-state index in [0.29, 0.717) is 6.42 Å². The summed E-state index contributed by atoms with van der Waals surface area (Å²) in [7, 11) is -4.57. The van der Waals surface area contributed by atoms with Crippen LogP contribution >= 0.6 is 7.82 Å². The van der Waals surface area contributed by atoms with Gasteiger partial charge in [-0.3, -0.25) is 18.6 Å². The van der Waals surface area contributed by atoms with Crippen molar-refractivity contribution in [2.45, 2.75) is 116 Å². The fourth-order valence-electron chi connectivity index (χ4n) is 3.45. The minimum Gasteiger partial charge on any atom is -0.462 e. The molecule has 3 N–H and O–H groups in total. The minimum atomic E-state index is -4.57. The van der Waals surface area contributed by atoms with Gasteiger partial charge in [-0.25, -0.2) is 4.57 Å². The molecule has 0 aliphatic heterocycles. The summed E-state index contributed by atoms with van der Waals surface area (Å²) in [6.07, 6.45) is 21.1. The van der Waals surface area contributed by atoms with Gasteiger partial charge in [0.1, 0.15) is 12.7 Å². The topological polar surface area (TPSA) is 149 Å². The van der Waals surface area contributed by atoms with Gasteiger partial charge in [0.05, 0.1) is 19.8 Å². The van der Waals surface area contributed by atoms with Gasteiger partial charge in [-0.2, -0.15) is 0 Å². The lowest BCUT2D eigenvalue weighted by Crippen LogP contribution is -2.29. The van der Waals surface area contributed by atoms with Gasteiger partial charge in [0.2, 0.25) is 0 Å². The van der Waals surface area contributed by atoms with Gasteiger partial charge in [0.15, 0.2) is 6.10 Å². The second-order valence-electron chi connectivity index (χ2n) is 9.50. The standard InChI is InChI=1S/C28H51O10P/c1-3-4-5-6-7-8-9-10-11-12-13-14-15-16-17-18-19-20-28(32)38-27(23-35-25(2)30)24-37-39(33,34)36-22-26(31)21-29/h7-8,10-11,26-27,29,31H,3-6,9,12-24H2,1-2H3,(H,33,34)/b8-7-,11-10-. The van der Waals surface area contributed by atoms with Crippen molar-refractivity contribution in [1.82, 2.24) is 0 Å². The lowest BCUT2D eigenvalue weighted by Gasteiger charge is -2.20. The SMILES string of the molecule is CCCCC/C=C\C/C=C\CCCCCCCCCC(=O)OC(COC(C)=O)COP(=O)(O)OCC(O)CO. The number of ether oxygens (including phenoxy) is 2. The largest absolute Gasteiger partial charge is 0.472 e. The molecular formula is C28H51O10P. The average molecular weight is 579 g/mol. The summed E-state index contributed by atoms with van der Waals surface area (Å²) >= 11 is 0. The highest BCUT2D eigenvalue weighted by Crippen LogP contribution is 2.43. The second-order valence-corrected chi connectivity index (χ2v) is 11.0. The van der Waals surface area contributed by atoms with Crippen LogP contribution in [0.4, 0.5) is 0 Å². The first kappa shape index (κ1) is 37.5. The van der Waals surface area contributed by atoms with Crippen LogP contribution in [0.1, 0.15) is 104 Å². The van der Waals surface area contributed by atoms with Crippen molar-refractivity contribution in [2.75, 3.05) is 26.4 Å². The number of allylic oxidation sites excluding steroid dienone is 4. The molecule has 0 radical (unpaired) electrons. The van der Waals surface area contributed by atoms with Crippen LogP contribution in [0.3, 0.4) is 0 Å². The number of unbranched alkanes of at least 4 members (excludes halogenated alkanes) is 10. The minimum absolute atomic E-state index is 0.171. The number of aliphatic hydroxyl groups is 2. The number of carbonyl (C=O) groups excluding carboxylic acids is 2. The van der Waals surface area contributed by atoms with E-state index in [-0.39, 0.29) is 13.0 Å². The Bertz CT molecular complexity index is 725. The number of phosphoric ester groups is 1. The number of rotatable bonds is 26. The van der Waals surface area contributed by atoms with Crippen molar-refractivity contribution in [3.8, 4) is 0 Å². The van der Waals surface area contributed by atoms with Crippen LogP contribution in [0.2, 0.25) is 0 Å². The molecule has 3 atom stereocenters. The number of hydrogen-bond acceptors (Lipinski definition) is 9. The van der Waals surface area contributed by atoms with Crippen LogP contribution < -0.4 is 0 Å². The molecule has 0 saturated heterocycles. The van der Waals surface area contributed by atoms with E-state index in [1.807, 2.05) is 0 Å². The van der Waals surface area contributed by atoms with Gasteiger partial charge in [0.25, 0.3) is 0 Å². The lowest BCUT2D eigenvalue weighted by molar-refractivity contribution is -0.160. The Morgan fingerprint density at radius 1 is 0.821 bits per heavy atom. The van der Waals surface area contributed by atoms with Crippen LogP contribution in [0.5, 0.6) is 0 Å². The normalized spacial score (nSPS) is 14.9. The Labute approximate surface area is 234 Å². The average Bonchev–Trinajstić information content (AvgIpc) is 2.90. The highest BCUT2D eigenvalue weighted by atomic mass is 31.2. The molecule has 228 valence electrons. The van der Waals surface area contributed by atoms with Gasteiger partial charge >= 0.3 is 19.8 Å². The molecule has 0 amide bonds. The number of esters is 2. The van der Waals surface area contributed by atoms with Crippen molar-refractivity contribution >= 4 is 19.8 Å². The maximum Gasteiger partial charge on any atom is 0.472 e. The summed E-state index contributed by atoms with van der Waals surface area (Å²) in [6, 6.07) is 0. The predicted octanol–water partition coefficient (Wildman–Crippen LogP) is 5.54. The van der Waals surface area contributed by atoms with E-state index in [1.165, 1.54) is 45.4 Å². The maximum atomic E-state index is 12.2. The molecule has 0 aliphatic carbocycles. The Morgan fingerprint density at radius 3 is 1.97 bits per heavy atom. The highest BCUT2D eigenvalue weighted by Gasteiger charge is 2.26.